The zero-order valence-corrected chi connectivity index (χ0v) is 16.9. The molecule has 0 radical (unpaired) electrons. The van der Waals surface area contributed by atoms with E-state index in [1.165, 1.54) is 6.21 Å². The molecule has 0 heterocycles. The van der Waals surface area contributed by atoms with Crippen molar-refractivity contribution in [1.29, 1.82) is 0 Å². The lowest BCUT2D eigenvalue weighted by Crippen LogP contribution is -2.24. The molecule has 0 aromatic heterocycles. The van der Waals surface area contributed by atoms with Crippen molar-refractivity contribution in [2.75, 3.05) is 6.61 Å². The maximum Gasteiger partial charge on any atom is 0.343 e. The Hall–Kier alpha value is -3.64. The highest BCUT2D eigenvalue weighted by Crippen LogP contribution is 2.18. The molecule has 152 valence electrons. The molecule has 6 nitrogen and oxygen atoms in total. The molecule has 0 spiro atoms. The van der Waals surface area contributed by atoms with Gasteiger partial charge in [0.25, 0.3) is 5.91 Å². The highest BCUT2D eigenvalue weighted by molar-refractivity contribution is 6.30. The lowest BCUT2D eigenvalue weighted by atomic mass is 10.2. The molecule has 30 heavy (non-hydrogen) atoms. The van der Waals surface area contributed by atoms with Gasteiger partial charge >= 0.3 is 5.97 Å². The average Bonchev–Trinajstić information content (AvgIpc) is 2.74. The Balaban J connectivity index is 1.57. The first kappa shape index (κ1) is 21.1. The van der Waals surface area contributed by atoms with Crippen molar-refractivity contribution < 1.29 is 19.1 Å². The maximum absolute atomic E-state index is 12.3. The molecule has 0 fully saturated rings. The van der Waals surface area contributed by atoms with E-state index in [9.17, 15) is 9.59 Å². The van der Waals surface area contributed by atoms with E-state index in [1.807, 2.05) is 25.1 Å². The number of halogens is 1. The van der Waals surface area contributed by atoms with Gasteiger partial charge in [-0.1, -0.05) is 35.9 Å². The summed E-state index contributed by atoms with van der Waals surface area (Å²) < 4.78 is 10.9. The Morgan fingerprint density at radius 1 is 1.03 bits per heavy atom. The average molecular weight is 423 g/mol. The molecule has 0 aliphatic rings. The molecule has 0 atom stereocenters. The van der Waals surface area contributed by atoms with Crippen molar-refractivity contribution in [3.63, 3.8) is 0 Å². The fraction of sp³-hybridized carbons (Fsp3) is 0.0870. The first-order valence-corrected chi connectivity index (χ1v) is 9.47. The number of nitrogens with zero attached hydrogens (tertiary/aromatic N) is 1. The molecular weight excluding hydrogens is 404 g/mol. The minimum absolute atomic E-state index is 0.173. The summed E-state index contributed by atoms with van der Waals surface area (Å²) in [4.78, 5) is 24.2. The van der Waals surface area contributed by atoms with Crippen molar-refractivity contribution in [3.05, 3.63) is 94.5 Å². The van der Waals surface area contributed by atoms with Crippen LogP contribution in [0.2, 0.25) is 5.02 Å². The van der Waals surface area contributed by atoms with Crippen molar-refractivity contribution in [3.8, 4) is 11.5 Å². The molecule has 0 saturated carbocycles. The smallest absolute Gasteiger partial charge is 0.343 e. The summed E-state index contributed by atoms with van der Waals surface area (Å²) in [5, 5.41) is 4.44. The van der Waals surface area contributed by atoms with Gasteiger partial charge in [0.2, 0.25) is 0 Å². The number of para-hydroxylation sites is 1. The maximum atomic E-state index is 12.3. The zero-order chi connectivity index (χ0) is 21.3. The van der Waals surface area contributed by atoms with Crippen molar-refractivity contribution >= 4 is 29.7 Å². The lowest BCUT2D eigenvalue weighted by Gasteiger charge is -2.08. The molecule has 0 bridgehead atoms. The fourth-order valence-electron chi connectivity index (χ4n) is 2.48. The summed E-state index contributed by atoms with van der Waals surface area (Å²) in [6.45, 7) is 1.77. The van der Waals surface area contributed by atoms with Crippen LogP contribution in [0.3, 0.4) is 0 Å². The molecule has 1 amide bonds. The number of aryl methyl sites for hydroxylation is 1. The van der Waals surface area contributed by atoms with Gasteiger partial charge in [-0.3, -0.25) is 4.79 Å². The SMILES string of the molecule is Cc1cccc(OCC(=O)N/N=C/c2ccccc2OC(=O)c2ccc(Cl)cc2)c1. The number of esters is 1. The van der Waals surface area contributed by atoms with Crippen LogP contribution >= 0.6 is 11.6 Å². The normalized spacial score (nSPS) is 10.6. The van der Waals surface area contributed by atoms with Gasteiger partial charge in [-0.15, -0.1) is 0 Å². The molecule has 1 N–H and O–H groups in total. The van der Waals surface area contributed by atoms with Crippen LogP contribution in [0, 0.1) is 6.92 Å². The Morgan fingerprint density at radius 2 is 1.80 bits per heavy atom. The van der Waals surface area contributed by atoms with E-state index in [0.29, 0.717) is 27.6 Å². The van der Waals surface area contributed by atoms with Crippen molar-refractivity contribution in [2.45, 2.75) is 6.92 Å². The van der Waals surface area contributed by atoms with Crippen LogP contribution in [-0.4, -0.2) is 24.7 Å². The molecule has 3 rings (SSSR count). The van der Waals surface area contributed by atoms with E-state index in [1.54, 1.807) is 54.6 Å². The van der Waals surface area contributed by atoms with Crippen LogP contribution < -0.4 is 14.9 Å². The van der Waals surface area contributed by atoms with E-state index in [-0.39, 0.29) is 6.61 Å². The summed E-state index contributed by atoms with van der Waals surface area (Å²) in [5.74, 6) is -0.0217. The fourth-order valence-corrected chi connectivity index (χ4v) is 2.61. The van der Waals surface area contributed by atoms with Crippen LogP contribution in [0.15, 0.2) is 77.9 Å². The Labute approximate surface area is 179 Å². The van der Waals surface area contributed by atoms with Crippen molar-refractivity contribution in [2.24, 2.45) is 5.10 Å². The third kappa shape index (κ3) is 6.18. The summed E-state index contributed by atoms with van der Waals surface area (Å²) in [6, 6.07) is 20.6. The monoisotopic (exact) mass is 422 g/mol. The third-order valence-corrected chi connectivity index (χ3v) is 4.21. The predicted octanol–water partition coefficient (Wildman–Crippen LogP) is 4.40. The van der Waals surface area contributed by atoms with Crippen molar-refractivity contribution in [1.82, 2.24) is 5.43 Å². The van der Waals surface area contributed by atoms with Gasteiger partial charge in [0.05, 0.1) is 11.8 Å². The first-order valence-electron chi connectivity index (χ1n) is 9.09. The van der Waals surface area contributed by atoms with Gasteiger partial charge in [-0.2, -0.15) is 5.10 Å². The molecule has 0 saturated heterocycles. The van der Waals surface area contributed by atoms with Crippen LogP contribution in [0.1, 0.15) is 21.5 Å². The number of hydrogen-bond acceptors (Lipinski definition) is 5. The summed E-state index contributed by atoms with van der Waals surface area (Å²) in [5.41, 5.74) is 4.32. The van der Waals surface area contributed by atoms with Gasteiger partial charge in [0.1, 0.15) is 11.5 Å². The van der Waals surface area contributed by atoms with Gasteiger partial charge in [-0.05, 0) is 61.0 Å². The third-order valence-electron chi connectivity index (χ3n) is 3.95. The second-order valence-electron chi connectivity index (χ2n) is 6.33. The molecule has 0 unspecified atom stereocenters. The molecule has 3 aromatic rings. The second kappa shape index (κ2) is 10.2. The van der Waals surface area contributed by atoms with E-state index in [4.69, 9.17) is 21.1 Å². The van der Waals surface area contributed by atoms with Gasteiger partial charge in [0.15, 0.2) is 6.61 Å². The second-order valence-corrected chi connectivity index (χ2v) is 6.77. The highest BCUT2D eigenvalue weighted by atomic mass is 35.5. The Kier molecular flexibility index (Phi) is 7.19. The number of nitrogens with one attached hydrogen (secondary N) is 1. The standard InChI is InChI=1S/C23H19ClN2O4/c1-16-5-4-7-20(13-16)29-15-22(27)26-25-14-18-6-2-3-8-21(18)30-23(28)17-9-11-19(24)12-10-17/h2-14H,15H2,1H3,(H,26,27)/b25-14+. The van der Waals surface area contributed by atoms with Crippen LogP contribution in [0.5, 0.6) is 11.5 Å². The molecule has 7 heteroatoms. The van der Waals surface area contributed by atoms with Gasteiger partial charge < -0.3 is 9.47 Å². The number of carbonyl (C=O) groups is 2. The highest BCUT2D eigenvalue weighted by Gasteiger charge is 2.11. The summed E-state index contributed by atoms with van der Waals surface area (Å²) >= 11 is 5.84. The Morgan fingerprint density at radius 3 is 2.57 bits per heavy atom. The number of ether oxygens (including phenoxy) is 2. The number of amides is 1. The quantitative estimate of drug-likeness (QED) is 0.265. The first-order chi connectivity index (χ1) is 14.5. The molecule has 0 aliphatic heterocycles. The number of benzene rings is 3. The van der Waals surface area contributed by atoms with Gasteiger partial charge in [0, 0.05) is 10.6 Å². The molecule has 0 aliphatic carbocycles. The van der Waals surface area contributed by atoms with Crippen LogP contribution in [0.25, 0.3) is 0 Å². The van der Waals surface area contributed by atoms with Crippen LogP contribution in [-0.2, 0) is 4.79 Å². The minimum Gasteiger partial charge on any atom is -0.484 e. The number of carbonyl (C=O) groups excluding carboxylic acids is 2. The van der Waals surface area contributed by atoms with E-state index in [0.717, 1.165) is 5.56 Å². The molecular formula is C23H19ClN2O4. The summed E-state index contributed by atoms with van der Waals surface area (Å²) in [7, 11) is 0. The minimum atomic E-state index is -0.525. The van der Waals surface area contributed by atoms with E-state index < -0.39 is 11.9 Å². The molecule has 3 aromatic carbocycles. The number of hydrogen-bond donors (Lipinski definition) is 1. The Bertz CT molecular complexity index is 1060. The van der Waals surface area contributed by atoms with Crippen LogP contribution in [0.4, 0.5) is 0 Å². The largest absolute Gasteiger partial charge is 0.484 e. The van der Waals surface area contributed by atoms with E-state index in [2.05, 4.69) is 10.5 Å². The zero-order valence-electron chi connectivity index (χ0n) is 16.2. The van der Waals surface area contributed by atoms with Gasteiger partial charge in [-0.25, -0.2) is 10.2 Å². The predicted molar refractivity (Wildman–Crippen MR) is 115 cm³/mol. The summed E-state index contributed by atoms with van der Waals surface area (Å²) in [6.07, 6.45) is 1.40. The number of hydrazone groups is 1. The number of rotatable bonds is 7. The van der Waals surface area contributed by atoms with E-state index >= 15 is 0 Å². The topological polar surface area (TPSA) is 77.0 Å². The lowest BCUT2D eigenvalue weighted by molar-refractivity contribution is -0.123.